The topological polar surface area (TPSA) is 54.3 Å². The molecule has 32 heavy (non-hydrogen) atoms. The number of amides is 1. The predicted octanol–water partition coefficient (Wildman–Crippen LogP) is 4.11. The van der Waals surface area contributed by atoms with E-state index in [9.17, 15) is 18.0 Å². The molecule has 1 amide bonds. The molecule has 0 aliphatic rings. The van der Waals surface area contributed by atoms with E-state index in [1.165, 1.54) is 17.2 Å². The third-order valence-corrected chi connectivity index (χ3v) is 4.95. The number of carbonyl (C=O) groups excluding carboxylic acids is 1. The molecule has 0 saturated carbocycles. The second kappa shape index (κ2) is 9.52. The summed E-state index contributed by atoms with van der Waals surface area (Å²) < 4.78 is 41.0. The van der Waals surface area contributed by atoms with Crippen molar-refractivity contribution in [3.05, 3.63) is 76.7 Å². The first kappa shape index (κ1) is 23.5. The monoisotopic (exact) mass is 445 g/mol. The molecule has 0 atom stereocenters. The molecule has 0 unspecified atom stereocenters. The molecular weight excluding hydrogens is 419 g/mol. The van der Waals surface area contributed by atoms with E-state index in [1.807, 2.05) is 38.9 Å². The molecule has 3 aromatic rings. The molecule has 3 rings (SSSR count). The van der Waals surface area contributed by atoms with Gasteiger partial charge in [0.05, 0.1) is 16.8 Å². The Labute approximate surface area is 185 Å². The number of nitrogens with zero attached hydrogens (tertiary/aromatic N) is 5. The average Bonchev–Trinajstić information content (AvgIpc) is 3.08. The first-order chi connectivity index (χ1) is 15.0. The number of hydrogen-bond donors (Lipinski definition) is 0. The fourth-order valence-corrected chi connectivity index (χ4v) is 3.32. The van der Waals surface area contributed by atoms with E-state index < -0.39 is 11.7 Å². The van der Waals surface area contributed by atoms with E-state index in [-0.39, 0.29) is 12.5 Å². The Morgan fingerprint density at radius 1 is 1.06 bits per heavy atom. The van der Waals surface area contributed by atoms with Gasteiger partial charge in [0, 0.05) is 31.5 Å². The Kier molecular flexibility index (Phi) is 6.98. The van der Waals surface area contributed by atoms with Gasteiger partial charge in [0.25, 0.3) is 5.91 Å². The minimum atomic E-state index is -4.43. The van der Waals surface area contributed by atoms with Crippen LogP contribution in [0.4, 0.5) is 13.2 Å². The smallest absolute Gasteiger partial charge is 0.333 e. The van der Waals surface area contributed by atoms with Crippen molar-refractivity contribution in [1.29, 1.82) is 0 Å². The molecule has 2 heterocycles. The van der Waals surface area contributed by atoms with Crippen LogP contribution in [0, 0.1) is 13.8 Å². The maximum atomic E-state index is 13.2. The number of aromatic nitrogens is 3. The number of rotatable bonds is 7. The van der Waals surface area contributed by atoms with Crippen LogP contribution in [0.25, 0.3) is 5.82 Å². The summed E-state index contributed by atoms with van der Waals surface area (Å²) in [6, 6.07) is 10.4. The van der Waals surface area contributed by atoms with Crippen LogP contribution in [-0.4, -0.2) is 57.7 Å². The van der Waals surface area contributed by atoms with Crippen molar-refractivity contribution in [3.8, 4) is 5.82 Å². The largest absolute Gasteiger partial charge is 0.416 e. The zero-order valence-electron chi connectivity index (χ0n) is 18.5. The van der Waals surface area contributed by atoms with Gasteiger partial charge in [-0.15, -0.1) is 0 Å². The Hall–Kier alpha value is -3.20. The van der Waals surface area contributed by atoms with Crippen LogP contribution < -0.4 is 0 Å². The lowest BCUT2D eigenvalue weighted by atomic mass is 10.1. The normalized spacial score (nSPS) is 11.8. The molecule has 1 aromatic carbocycles. The summed E-state index contributed by atoms with van der Waals surface area (Å²) in [5.41, 5.74) is 1.83. The van der Waals surface area contributed by atoms with E-state index in [4.69, 9.17) is 0 Å². The molecule has 9 heteroatoms. The Morgan fingerprint density at radius 2 is 1.81 bits per heavy atom. The van der Waals surface area contributed by atoms with Gasteiger partial charge in [0.1, 0.15) is 0 Å². The first-order valence-electron chi connectivity index (χ1n) is 10.1. The van der Waals surface area contributed by atoms with Crippen LogP contribution in [0.1, 0.15) is 32.9 Å². The van der Waals surface area contributed by atoms with Gasteiger partial charge in [-0.2, -0.15) is 18.3 Å². The molecule has 0 radical (unpaired) electrons. The first-order valence-corrected chi connectivity index (χ1v) is 10.1. The summed E-state index contributed by atoms with van der Waals surface area (Å²) in [7, 11) is 3.75. The number of hydrogen-bond acceptors (Lipinski definition) is 4. The van der Waals surface area contributed by atoms with E-state index in [0.717, 1.165) is 23.5 Å². The Morgan fingerprint density at radius 3 is 2.38 bits per heavy atom. The highest BCUT2D eigenvalue weighted by Crippen LogP contribution is 2.29. The van der Waals surface area contributed by atoms with Crippen molar-refractivity contribution >= 4 is 5.91 Å². The number of alkyl halides is 3. The number of likely N-dealkylation sites (N-methyl/N-ethyl adjacent to an activating group) is 1. The van der Waals surface area contributed by atoms with Crippen molar-refractivity contribution < 1.29 is 18.0 Å². The number of carbonyl (C=O) groups is 1. The highest BCUT2D eigenvalue weighted by molar-refractivity contribution is 5.94. The SMILES string of the molecule is Cc1cc(C)n(-c2ccc(C(=O)N(CCN(C)C)Cc3cccc(C(F)(F)F)c3)cn2)n1. The molecule has 2 aromatic heterocycles. The van der Waals surface area contributed by atoms with E-state index >= 15 is 0 Å². The van der Waals surface area contributed by atoms with Crippen LogP contribution in [0.2, 0.25) is 0 Å². The van der Waals surface area contributed by atoms with Crippen molar-refractivity contribution in [3.63, 3.8) is 0 Å². The number of halogens is 3. The van der Waals surface area contributed by atoms with E-state index in [0.29, 0.717) is 30.0 Å². The molecule has 0 fully saturated rings. The van der Waals surface area contributed by atoms with Gasteiger partial charge in [-0.1, -0.05) is 12.1 Å². The fourth-order valence-electron chi connectivity index (χ4n) is 3.32. The molecule has 6 nitrogen and oxygen atoms in total. The summed E-state index contributed by atoms with van der Waals surface area (Å²) in [6.07, 6.45) is -2.96. The van der Waals surface area contributed by atoms with Crippen LogP contribution in [0.3, 0.4) is 0 Å². The second-order valence-corrected chi connectivity index (χ2v) is 7.97. The molecule has 170 valence electrons. The van der Waals surface area contributed by atoms with Crippen LogP contribution in [0.15, 0.2) is 48.7 Å². The third-order valence-electron chi connectivity index (χ3n) is 4.95. The molecular formula is C23H26F3N5O. The third kappa shape index (κ3) is 5.73. The van der Waals surface area contributed by atoms with Crippen molar-refractivity contribution in [2.24, 2.45) is 0 Å². The number of benzene rings is 1. The summed E-state index contributed by atoms with van der Waals surface area (Å²) in [4.78, 5) is 21.0. The van der Waals surface area contributed by atoms with Crippen LogP contribution in [0.5, 0.6) is 0 Å². The maximum Gasteiger partial charge on any atom is 0.416 e. The van der Waals surface area contributed by atoms with Gasteiger partial charge in [0.15, 0.2) is 5.82 Å². The van der Waals surface area contributed by atoms with Gasteiger partial charge in [-0.25, -0.2) is 9.67 Å². The van der Waals surface area contributed by atoms with Crippen molar-refractivity contribution in [2.45, 2.75) is 26.6 Å². The summed E-state index contributed by atoms with van der Waals surface area (Å²) in [5.74, 6) is 0.293. The summed E-state index contributed by atoms with van der Waals surface area (Å²) in [5, 5.41) is 4.38. The number of aryl methyl sites for hydroxylation is 2. The standard InChI is InChI=1S/C23H26F3N5O/c1-16-12-17(2)31(28-16)21-9-8-19(14-27-21)22(32)30(11-10-29(3)4)15-18-6-5-7-20(13-18)23(24,25)26/h5-9,12-14H,10-11,15H2,1-4H3. The minimum absolute atomic E-state index is 0.0653. The minimum Gasteiger partial charge on any atom is -0.333 e. The molecule has 0 N–H and O–H groups in total. The van der Waals surface area contributed by atoms with Gasteiger partial charge in [-0.3, -0.25) is 4.79 Å². The molecule has 0 aliphatic heterocycles. The summed E-state index contributed by atoms with van der Waals surface area (Å²) >= 11 is 0. The molecule has 0 spiro atoms. The van der Waals surface area contributed by atoms with Crippen molar-refractivity contribution in [1.82, 2.24) is 24.6 Å². The van der Waals surface area contributed by atoms with Crippen LogP contribution in [-0.2, 0) is 12.7 Å². The quantitative estimate of drug-likeness (QED) is 0.549. The molecule has 0 aliphatic carbocycles. The molecule has 0 bridgehead atoms. The second-order valence-electron chi connectivity index (χ2n) is 7.97. The lowest BCUT2D eigenvalue weighted by Crippen LogP contribution is -2.36. The number of pyridine rings is 1. The van der Waals surface area contributed by atoms with E-state index in [1.54, 1.807) is 22.9 Å². The van der Waals surface area contributed by atoms with Gasteiger partial charge in [0.2, 0.25) is 0 Å². The lowest BCUT2D eigenvalue weighted by Gasteiger charge is -2.25. The van der Waals surface area contributed by atoms with E-state index in [2.05, 4.69) is 10.1 Å². The van der Waals surface area contributed by atoms with Crippen molar-refractivity contribution in [2.75, 3.05) is 27.2 Å². The average molecular weight is 445 g/mol. The Bertz CT molecular complexity index is 1070. The zero-order valence-corrected chi connectivity index (χ0v) is 18.5. The van der Waals surface area contributed by atoms with Gasteiger partial charge >= 0.3 is 6.18 Å². The molecule has 0 saturated heterocycles. The summed E-state index contributed by atoms with van der Waals surface area (Å²) in [6.45, 7) is 4.80. The fraction of sp³-hybridized carbons (Fsp3) is 0.348. The maximum absolute atomic E-state index is 13.2. The Balaban J connectivity index is 1.83. The highest BCUT2D eigenvalue weighted by Gasteiger charge is 2.30. The predicted molar refractivity (Wildman–Crippen MR) is 116 cm³/mol. The van der Waals surface area contributed by atoms with Crippen LogP contribution >= 0.6 is 0 Å². The lowest BCUT2D eigenvalue weighted by molar-refractivity contribution is -0.137. The highest BCUT2D eigenvalue weighted by atomic mass is 19.4. The zero-order chi connectivity index (χ0) is 23.5. The van der Waals surface area contributed by atoms with Gasteiger partial charge in [-0.05, 0) is 63.8 Å². The van der Waals surface area contributed by atoms with Gasteiger partial charge < -0.3 is 9.80 Å².